The van der Waals surface area contributed by atoms with Gasteiger partial charge in [-0.2, -0.15) is 0 Å². The zero-order valence-corrected chi connectivity index (χ0v) is 23.6. The number of aryl methyl sites for hydroxylation is 1. The molecule has 5 aromatic carbocycles. The molecular weight excluding hydrogens is 525 g/mol. The number of dihydropyridines is 1. The lowest BCUT2D eigenvalue weighted by molar-refractivity contribution is -0.113. The summed E-state index contributed by atoms with van der Waals surface area (Å²) in [5, 5.41) is 12.9. The molecular formula is C36H30FN3O2. The maximum Gasteiger partial charge on any atom is 0.254 e. The molecule has 0 fully saturated rings. The van der Waals surface area contributed by atoms with Crippen LogP contribution in [0.4, 0.5) is 15.8 Å². The van der Waals surface area contributed by atoms with Crippen LogP contribution in [-0.4, -0.2) is 11.8 Å². The van der Waals surface area contributed by atoms with Crippen molar-refractivity contribution >= 4 is 44.7 Å². The highest BCUT2D eigenvalue weighted by Gasteiger charge is 2.38. The van der Waals surface area contributed by atoms with Gasteiger partial charge < -0.3 is 16.0 Å². The Kier molecular flexibility index (Phi) is 7.05. The summed E-state index contributed by atoms with van der Waals surface area (Å²) in [6, 6.07) is 31.7. The summed E-state index contributed by atoms with van der Waals surface area (Å²) in [6.07, 6.45) is 0. The molecule has 2 amide bonds. The molecule has 0 bridgehead atoms. The molecule has 1 atom stereocenters. The first-order valence-corrected chi connectivity index (χ1v) is 13.8. The van der Waals surface area contributed by atoms with Crippen LogP contribution in [0.25, 0.3) is 21.5 Å². The number of carbonyl (C=O) groups is 2. The molecule has 208 valence electrons. The molecule has 1 aliphatic heterocycles. The van der Waals surface area contributed by atoms with Gasteiger partial charge in [0, 0.05) is 34.1 Å². The van der Waals surface area contributed by atoms with Crippen LogP contribution in [0.5, 0.6) is 0 Å². The van der Waals surface area contributed by atoms with Crippen molar-refractivity contribution < 1.29 is 14.0 Å². The van der Waals surface area contributed by atoms with E-state index in [0.717, 1.165) is 32.7 Å². The van der Waals surface area contributed by atoms with E-state index in [-0.39, 0.29) is 11.6 Å². The number of carbonyl (C=O) groups excluding carboxylic acids is 2. The van der Waals surface area contributed by atoms with Crippen molar-refractivity contribution in [1.29, 1.82) is 0 Å². The molecule has 0 saturated carbocycles. The minimum atomic E-state index is -0.750. The molecule has 1 aliphatic rings. The van der Waals surface area contributed by atoms with Crippen molar-refractivity contribution in [3.63, 3.8) is 0 Å². The molecule has 6 heteroatoms. The van der Waals surface area contributed by atoms with Crippen LogP contribution in [0.3, 0.4) is 0 Å². The van der Waals surface area contributed by atoms with Crippen LogP contribution >= 0.6 is 0 Å². The Morgan fingerprint density at radius 1 is 0.667 bits per heavy atom. The number of halogens is 1. The number of hydrogen-bond acceptors (Lipinski definition) is 3. The molecule has 1 heterocycles. The number of fused-ring (bicyclic) bond motifs is 2. The van der Waals surface area contributed by atoms with Gasteiger partial charge in [0.2, 0.25) is 0 Å². The van der Waals surface area contributed by atoms with Crippen molar-refractivity contribution in [1.82, 2.24) is 5.32 Å². The zero-order valence-electron chi connectivity index (χ0n) is 23.6. The van der Waals surface area contributed by atoms with E-state index < -0.39 is 17.6 Å². The van der Waals surface area contributed by atoms with Gasteiger partial charge in [0.1, 0.15) is 5.82 Å². The minimum Gasteiger partial charge on any atom is -0.362 e. The van der Waals surface area contributed by atoms with Crippen molar-refractivity contribution in [3.8, 4) is 0 Å². The van der Waals surface area contributed by atoms with Crippen LogP contribution < -0.4 is 16.0 Å². The van der Waals surface area contributed by atoms with Gasteiger partial charge in [0.25, 0.3) is 11.8 Å². The summed E-state index contributed by atoms with van der Waals surface area (Å²) in [6.45, 7) is 5.65. The summed E-state index contributed by atoms with van der Waals surface area (Å²) in [4.78, 5) is 28.3. The summed E-state index contributed by atoms with van der Waals surface area (Å²) in [5.41, 5.74) is 4.64. The average Bonchev–Trinajstić information content (AvgIpc) is 2.97. The minimum absolute atomic E-state index is 0.0706. The highest BCUT2D eigenvalue weighted by atomic mass is 19.1. The molecule has 0 spiro atoms. The normalized spacial score (nSPS) is 15.1. The van der Waals surface area contributed by atoms with Gasteiger partial charge in [-0.05, 0) is 78.2 Å². The maximum absolute atomic E-state index is 14.7. The van der Waals surface area contributed by atoms with Crippen LogP contribution in [0.1, 0.15) is 30.9 Å². The fourth-order valence-corrected chi connectivity index (χ4v) is 5.83. The summed E-state index contributed by atoms with van der Waals surface area (Å²) in [7, 11) is 0. The van der Waals surface area contributed by atoms with Crippen molar-refractivity contribution in [2.24, 2.45) is 0 Å². The van der Waals surface area contributed by atoms with Crippen LogP contribution in [0.15, 0.2) is 126 Å². The molecule has 42 heavy (non-hydrogen) atoms. The summed E-state index contributed by atoms with van der Waals surface area (Å²) in [5.74, 6) is -2.10. The fourth-order valence-electron chi connectivity index (χ4n) is 5.83. The Balaban J connectivity index is 1.58. The van der Waals surface area contributed by atoms with Gasteiger partial charge >= 0.3 is 0 Å². The van der Waals surface area contributed by atoms with E-state index in [1.165, 1.54) is 12.1 Å². The third-order valence-corrected chi connectivity index (χ3v) is 7.78. The fraction of sp³-hybridized carbons (Fsp3) is 0.111. The highest BCUT2D eigenvalue weighted by molar-refractivity contribution is 6.15. The quantitative estimate of drug-likeness (QED) is 0.193. The third-order valence-electron chi connectivity index (χ3n) is 7.78. The number of benzene rings is 5. The Bertz CT molecular complexity index is 1890. The average molecular weight is 556 g/mol. The molecule has 0 saturated heterocycles. The molecule has 3 N–H and O–H groups in total. The number of para-hydroxylation sites is 1. The number of amides is 2. The lowest BCUT2D eigenvalue weighted by atomic mass is 9.76. The van der Waals surface area contributed by atoms with Gasteiger partial charge in [-0.3, -0.25) is 9.59 Å². The van der Waals surface area contributed by atoms with E-state index in [1.807, 2.05) is 93.6 Å². The first-order valence-electron chi connectivity index (χ1n) is 13.8. The predicted molar refractivity (Wildman–Crippen MR) is 168 cm³/mol. The van der Waals surface area contributed by atoms with Gasteiger partial charge in [0.05, 0.1) is 5.69 Å². The third kappa shape index (κ3) is 4.92. The first-order chi connectivity index (χ1) is 20.3. The van der Waals surface area contributed by atoms with Gasteiger partial charge in [-0.1, -0.05) is 78.4 Å². The van der Waals surface area contributed by atoms with Gasteiger partial charge in [0.15, 0.2) is 0 Å². The second-order valence-corrected chi connectivity index (χ2v) is 10.6. The maximum atomic E-state index is 14.7. The number of allylic oxidation sites excluding steroid dienone is 2. The smallest absolute Gasteiger partial charge is 0.254 e. The molecule has 6 rings (SSSR count). The van der Waals surface area contributed by atoms with E-state index in [4.69, 9.17) is 0 Å². The monoisotopic (exact) mass is 555 g/mol. The number of anilines is 2. The van der Waals surface area contributed by atoms with Crippen LogP contribution in [0.2, 0.25) is 0 Å². The first kappa shape index (κ1) is 27.0. The van der Waals surface area contributed by atoms with E-state index >= 15 is 0 Å². The molecule has 1 unspecified atom stereocenters. The van der Waals surface area contributed by atoms with Gasteiger partial charge in [-0.15, -0.1) is 0 Å². The Hall–Kier alpha value is -5.23. The zero-order chi connectivity index (χ0) is 29.4. The SMILES string of the molecule is CC1=C(C(=O)Nc2ccc(C)cc2)C(c2c3ccccc3cc3ccccc23)C(C(=O)Nc2ccccc2F)=C(C)N1. The molecule has 0 aromatic heterocycles. The standard InChI is InChI=1S/C36H30FN3O2/c1-21-16-18-26(19-17-21)39-35(41)31-22(2)38-23(3)32(36(42)40-30-15-9-8-14-29(30)37)34(31)33-27-12-6-4-10-24(27)20-25-11-5-7-13-28(25)33/h4-20,34,38H,1-3H3,(H,39,41)(H,40,42). The van der Waals surface area contributed by atoms with E-state index in [0.29, 0.717) is 28.2 Å². The number of rotatable bonds is 5. The van der Waals surface area contributed by atoms with Crippen LogP contribution in [-0.2, 0) is 9.59 Å². The Labute approximate surface area is 243 Å². The number of hydrogen-bond donors (Lipinski definition) is 3. The van der Waals surface area contributed by atoms with E-state index in [9.17, 15) is 14.0 Å². The van der Waals surface area contributed by atoms with Crippen LogP contribution in [0, 0.1) is 12.7 Å². The molecule has 0 aliphatic carbocycles. The lowest BCUT2D eigenvalue weighted by Gasteiger charge is -2.33. The molecule has 5 nitrogen and oxygen atoms in total. The Morgan fingerprint density at radius 3 is 1.79 bits per heavy atom. The van der Waals surface area contributed by atoms with Crippen molar-refractivity contribution in [2.75, 3.05) is 10.6 Å². The second kappa shape index (κ2) is 11.0. The summed E-state index contributed by atoms with van der Waals surface area (Å²) < 4.78 is 14.7. The Morgan fingerprint density at radius 2 is 1.19 bits per heavy atom. The van der Waals surface area contributed by atoms with Crippen molar-refractivity contribution in [3.05, 3.63) is 143 Å². The van der Waals surface area contributed by atoms with Gasteiger partial charge in [-0.25, -0.2) is 4.39 Å². The second-order valence-electron chi connectivity index (χ2n) is 10.6. The predicted octanol–water partition coefficient (Wildman–Crippen LogP) is 7.95. The number of nitrogens with one attached hydrogen (secondary N) is 3. The molecule has 0 radical (unpaired) electrons. The summed E-state index contributed by atoms with van der Waals surface area (Å²) >= 11 is 0. The van der Waals surface area contributed by atoms with E-state index in [2.05, 4.69) is 22.0 Å². The topological polar surface area (TPSA) is 70.2 Å². The van der Waals surface area contributed by atoms with E-state index in [1.54, 1.807) is 12.1 Å². The van der Waals surface area contributed by atoms with Crippen molar-refractivity contribution in [2.45, 2.75) is 26.7 Å². The highest BCUT2D eigenvalue weighted by Crippen LogP contribution is 2.45. The largest absolute Gasteiger partial charge is 0.362 e. The lowest BCUT2D eigenvalue weighted by Crippen LogP contribution is -2.35. The molecule has 5 aromatic rings.